The molecule has 0 aliphatic carbocycles. The molecule has 2 heterocycles. The topological polar surface area (TPSA) is 235 Å². The van der Waals surface area contributed by atoms with Gasteiger partial charge in [0.15, 0.2) is 12.1 Å². The first-order chi connectivity index (χ1) is 40.3. The molecule has 0 radical (unpaired) electrons. The number of fused-ring (bicyclic) bond motifs is 1. The molecule has 3 aromatic carbocycles. The van der Waals surface area contributed by atoms with Crippen LogP contribution in [0, 0.1) is 29.6 Å². The van der Waals surface area contributed by atoms with E-state index in [1.807, 2.05) is 63.2 Å². The molecule has 0 spiro atoms. The average molecular weight is 1210 g/mol. The zero-order valence-electron chi connectivity index (χ0n) is 53.4. The first-order valence-electron chi connectivity index (χ1n) is 30.4. The molecule has 2 saturated heterocycles. The summed E-state index contributed by atoms with van der Waals surface area (Å²) in [4.78, 5) is 142. The normalized spacial score (nSPS) is 25.3. The molecule has 11 atom stereocenters. The van der Waals surface area contributed by atoms with Crippen LogP contribution in [-0.4, -0.2) is 178 Å². The lowest BCUT2D eigenvalue weighted by Gasteiger charge is -2.39. The van der Waals surface area contributed by atoms with Crippen molar-refractivity contribution in [1.82, 2.24) is 40.4 Å². The Hall–Kier alpha value is -6.86. The molecule has 0 aromatic heterocycles. The molecule has 20 heteroatoms. The lowest BCUT2D eigenvalue weighted by Crippen LogP contribution is -2.63. The summed E-state index contributed by atoms with van der Waals surface area (Å²) in [5.74, 6) is -8.88. The Morgan fingerprint density at radius 2 is 1.14 bits per heavy atom. The van der Waals surface area contributed by atoms with Crippen molar-refractivity contribution in [2.45, 2.75) is 188 Å². The number of cyclic esters (lactones) is 1. The second-order valence-corrected chi connectivity index (χ2v) is 25.8. The molecule has 8 amide bonds. The highest BCUT2D eigenvalue weighted by Crippen LogP contribution is 2.29. The number of rotatable bonds is 14. The molecule has 2 fully saturated rings. The van der Waals surface area contributed by atoms with Gasteiger partial charge in [-0.15, -0.1) is 0 Å². The second kappa shape index (κ2) is 30.7. The molecular formula is C66H95ClN8O11. The summed E-state index contributed by atoms with van der Waals surface area (Å²) in [7, 11) is 5.67. The Bertz CT molecular complexity index is 2860. The number of hydrogen-bond acceptors (Lipinski definition) is 11. The minimum atomic E-state index is -1.98. The van der Waals surface area contributed by atoms with Gasteiger partial charge in [0.1, 0.15) is 42.3 Å². The number of carbonyl (C=O) groups is 9. The van der Waals surface area contributed by atoms with Crippen LogP contribution in [0.15, 0.2) is 78.9 Å². The number of carbonyl (C=O) groups excluding carboxylic acids is 9. The first-order valence-corrected chi connectivity index (χ1v) is 30.8. The van der Waals surface area contributed by atoms with Gasteiger partial charge in [0.05, 0.1) is 5.60 Å². The first kappa shape index (κ1) is 69.9. The van der Waals surface area contributed by atoms with Crippen LogP contribution in [-0.2, 0) is 60.7 Å². The Balaban J connectivity index is 1.73. The molecule has 4 N–H and O–H groups in total. The molecule has 19 nitrogen and oxygen atoms in total. The van der Waals surface area contributed by atoms with E-state index in [9.17, 15) is 24.3 Å². The molecule has 2 aliphatic rings. The van der Waals surface area contributed by atoms with Gasteiger partial charge in [0, 0.05) is 58.5 Å². The van der Waals surface area contributed by atoms with Crippen LogP contribution in [0.25, 0.3) is 11.1 Å². The largest absolute Gasteiger partial charge is 0.450 e. The summed E-state index contributed by atoms with van der Waals surface area (Å²) >= 11 is 6.27. The van der Waals surface area contributed by atoms with Crippen LogP contribution in [0.4, 0.5) is 0 Å². The number of likely N-dealkylation sites (N-methyl/N-ethyl adjacent to an activating group) is 4. The fourth-order valence-electron chi connectivity index (χ4n) is 11.9. The van der Waals surface area contributed by atoms with E-state index in [1.165, 1.54) is 61.6 Å². The van der Waals surface area contributed by atoms with E-state index in [4.69, 9.17) is 16.3 Å². The van der Waals surface area contributed by atoms with E-state index in [0.29, 0.717) is 35.4 Å². The highest BCUT2D eigenvalue weighted by molar-refractivity contribution is 6.30. The fourth-order valence-corrected chi connectivity index (χ4v) is 12.0. The van der Waals surface area contributed by atoms with Gasteiger partial charge in [0.25, 0.3) is 5.91 Å². The number of amides is 8. The lowest BCUT2D eigenvalue weighted by atomic mass is 9.93. The second-order valence-electron chi connectivity index (χ2n) is 25.4. The fraction of sp³-hybridized carbons (Fsp3) is 0.591. The van der Waals surface area contributed by atoms with Gasteiger partial charge in [-0.3, -0.25) is 38.4 Å². The number of esters is 1. The summed E-state index contributed by atoms with van der Waals surface area (Å²) in [6, 6.07) is 13.5. The third kappa shape index (κ3) is 17.2. The van der Waals surface area contributed by atoms with Gasteiger partial charge >= 0.3 is 5.97 Å². The summed E-state index contributed by atoms with van der Waals surface area (Å²) in [6.07, 6.45) is -0.104. The summed E-state index contributed by atoms with van der Waals surface area (Å²) in [5.41, 5.74) is 1.05. The maximum atomic E-state index is 15.7. The van der Waals surface area contributed by atoms with Crippen LogP contribution in [0.5, 0.6) is 0 Å². The highest BCUT2D eigenvalue weighted by Gasteiger charge is 2.48. The lowest BCUT2D eigenvalue weighted by molar-refractivity contribution is -0.177. The average Bonchev–Trinajstić information content (AvgIpc) is 2.56. The zero-order chi connectivity index (χ0) is 64.2. The van der Waals surface area contributed by atoms with Crippen LogP contribution >= 0.6 is 11.6 Å². The summed E-state index contributed by atoms with van der Waals surface area (Å²) in [5, 5.41) is 21.1. The standard InChI is InChI=1S/C66H95ClN8O11/c1-17-41(9)52-63(82)72(14)53(39(5)6)58(77)68-48(34-38(3)4)61(80)74(16)56(66(11,12)85)65(84)86-55(42(10)18-2)64(83)73(15)54(40(7)8)59(78)69-49(36-43-24-20-19-21-25-43)60(79)71(13)51(62(81)75-33-23-28-50(75)57(76)70-52)37-44-26-22-27-46(35-44)45-29-31-47(67)32-30-45/h19-22,24-27,29-32,35,38-42,48-56,85H,17-18,23,28,33-34,36-37H2,1-16H3,(H,68,77)(H,69,78)(H,70,76)/t41-,42-,48-,49-,50-,51-,52-,53-,54-,55+,56+/m0/s1. The SMILES string of the molecule is CC[C@H](C)[C@@H]1NC(=O)[C@@H]2CCCN2C(=O)[C@H](Cc2cccc(-c3ccc(Cl)cc3)c2)N(C)C(=O)[C@H](Cc2ccccc2)NC(=O)[C@H](C(C)C)N(C)C(=O)[C@@H]([C@@H](C)CC)OC(=O)[C@H](C(C)(C)O)N(C)C(=O)[C@H](CC(C)C)NC(=O)[C@H](C(C)C)N(C)C1=O. The van der Waals surface area contributed by atoms with E-state index < -0.39 is 137 Å². The Morgan fingerprint density at radius 3 is 1.69 bits per heavy atom. The van der Waals surface area contributed by atoms with Gasteiger partial charge < -0.3 is 50.3 Å². The zero-order valence-corrected chi connectivity index (χ0v) is 54.1. The number of halogens is 1. The van der Waals surface area contributed by atoms with Crippen LogP contribution < -0.4 is 16.0 Å². The third-order valence-electron chi connectivity index (χ3n) is 17.1. The monoisotopic (exact) mass is 1210 g/mol. The van der Waals surface area contributed by atoms with Crippen molar-refractivity contribution in [1.29, 1.82) is 0 Å². The van der Waals surface area contributed by atoms with Crippen molar-refractivity contribution in [2.75, 3.05) is 34.7 Å². The predicted octanol–water partition coefficient (Wildman–Crippen LogP) is 6.69. The van der Waals surface area contributed by atoms with Crippen molar-refractivity contribution in [3.8, 4) is 11.1 Å². The smallest absolute Gasteiger partial charge is 0.332 e. The molecule has 5 rings (SSSR count). The van der Waals surface area contributed by atoms with Crippen molar-refractivity contribution < 1.29 is 53.0 Å². The summed E-state index contributed by atoms with van der Waals surface area (Å²) in [6.45, 7) is 20.6. The number of nitrogens with one attached hydrogen (secondary N) is 3. The molecule has 2 aliphatic heterocycles. The number of ether oxygens (including phenoxy) is 1. The molecular weight excluding hydrogens is 1120 g/mol. The number of aliphatic hydroxyl groups is 1. The van der Waals surface area contributed by atoms with Crippen molar-refractivity contribution in [3.05, 3.63) is 95.0 Å². The van der Waals surface area contributed by atoms with Crippen LogP contribution in [0.1, 0.15) is 126 Å². The maximum absolute atomic E-state index is 15.7. The Morgan fingerprint density at radius 1 is 0.593 bits per heavy atom. The van der Waals surface area contributed by atoms with E-state index in [0.717, 1.165) is 16.0 Å². The third-order valence-corrected chi connectivity index (χ3v) is 17.3. The molecule has 0 unspecified atom stereocenters. The van der Waals surface area contributed by atoms with Crippen LogP contribution in [0.3, 0.4) is 0 Å². The van der Waals surface area contributed by atoms with Gasteiger partial charge in [0.2, 0.25) is 41.4 Å². The van der Waals surface area contributed by atoms with Gasteiger partial charge in [-0.1, -0.05) is 154 Å². The van der Waals surface area contributed by atoms with Gasteiger partial charge in [-0.05, 0) is 97.6 Å². The minimum Gasteiger partial charge on any atom is -0.450 e. The highest BCUT2D eigenvalue weighted by atomic mass is 35.5. The van der Waals surface area contributed by atoms with E-state index in [1.54, 1.807) is 84.9 Å². The number of nitrogens with zero attached hydrogens (tertiary/aromatic N) is 5. The Labute approximate surface area is 514 Å². The number of benzene rings is 3. The quantitative estimate of drug-likeness (QED) is 0.124. The predicted molar refractivity (Wildman–Crippen MR) is 332 cm³/mol. The van der Waals surface area contributed by atoms with Crippen molar-refractivity contribution in [3.63, 3.8) is 0 Å². The van der Waals surface area contributed by atoms with Gasteiger partial charge in [-0.25, -0.2) is 4.79 Å². The molecule has 3 aromatic rings. The van der Waals surface area contributed by atoms with Gasteiger partial charge in [-0.2, -0.15) is 0 Å². The summed E-state index contributed by atoms with van der Waals surface area (Å²) < 4.78 is 6.13. The molecule has 0 saturated carbocycles. The number of hydrogen-bond donors (Lipinski definition) is 4. The van der Waals surface area contributed by atoms with Crippen molar-refractivity contribution >= 4 is 64.8 Å². The molecule has 0 bridgehead atoms. The molecule has 472 valence electrons. The van der Waals surface area contributed by atoms with E-state index in [2.05, 4.69) is 16.0 Å². The maximum Gasteiger partial charge on any atom is 0.332 e. The minimum absolute atomic E-state index is 0.0217. The van der Waals surface area contributed by atoms with Crippen LogP contribution in [0.2, 0.25) is 5.02 Å². The molecule has 86 heavy (non-hydrogen) atoms. The van der Waals surface area contributed by atoms with E-state index in [-0.39, 0.29) is 38.1 Å². The Kier molecular flexibility index (Phi) is 24.9. The van der Waals surface area contributed by atoms with Crippen molar-refractivity contribution in [2.24, 2.45) is 29.6 Å². The van der Waals surface area contributed by atoms with E-state index >= 15 is 24.0 Å².